The summed E-state index contributed by atoms with van der Waals surface area (Å²) in [6.45, 7) is 3.29. The van der Waals surface area contributed by atoms with Crippen molar-refractivity contribution in [1.29, 1.82) is 0 Å². The lowest BCUT2D eigenvalue weighted by Crippen LogP contribution is -2.46. The number of nitro groups is 1. The van der Waals surface area contributed by atoms with Crippen LogP contribution in [0.1, 0.15) is 5.69 Å². The Labute approximate surface area is 144 Å². The minimum Gasteiger partial charge on any atom is -0.497 e. The molecule has 3 rings (SSSR count). The lowest BCUT2D eigenvalue weighted by molar-refractivity contribution is -0.386. The van der Waals surface area contributed by atoms with Crippen molar-refractivity contribution in [2.75, 3.05) is 38.2 Å². The van der Waals surface area contributed by atoms with Gasteiger partial charge in [-0.15, -0.1) is 0 Å². The molecule has 2 aromatic rings. The Hall–Kier alpha value is -2.74. The maximum absolute atomic E-state index is 14.1. The Balaban J connectivity index is 1.74. The first-order valence-corrected chi connectivity index (χ1v) is 7.97. The largest absolute Gasteiger partial charge is 0.497 e. The summed E-state index contributed by atoms with van der Waals surface area (Å²) in [5.74, 6) is -0.607. The Morgan fingerprint density at radius 3 is 2.64 bits per heavy atom. The van der Waals surface area contributed by atoms with Crippen LogP contribution in [0.5, 0.6) is 5.75 Å². The molecule has 1 aromatic heterocycles. The predicted molar refractivity (Wildman–Crippen MR) is 91.3 cm³/mol. The van der Waals surface area contributed by atoms with Gasteiger partial charge < -0.3 is 9.64 Å². The van der Waals surface area contributed by atoms with E-state index in [0.717, 1.165) is 18.3 Å². The van der Waals surface area contributed by atoms with Crippen molar-refractivity contribution in [2.24, 2.45) is 0 Å². The van der Waals surface area contributed by atoms with Gasteiger partial charge in [0.2, 0.25) is 5.82 Å². The van der Waals surface area contributed by atoms with Crippen LogP contribution in [-0.2, 0) is 6.54 Å². The first-order chi connectivity index (χ1) is 12.1. The normalized spacial score (nSPS) is 15.2. The van der Waals surface area contributed by atoms with Gasteiger partial charge in [-0.25, -0.2) is 0 Å². The molecule has 8 heteroatoms. The molecule has 0 amide bonds. The molecule has 0 aliphatic carbocycles. The van der Waals surface area contributed by atoms with Crippen LogP contribution in [-0.4, -0.2) is 48.1 Å². The number of anilines is 1. The van der Waals surface area contributed by atoms with Crippen molar-refractivity contribution in [3.8, 4) is 5.75 Å². The van der Waals surface area contributed by atoms with Crippen LogP contribution in [0.15, 0.2) is 36.5 Å². The van der Waals surface area contributed by atoms with Gasteiger partial charge >= 0.3 is 5.69 Å². The van der Waals surface area contributed by atoms with Crippen LogP contribution >= 0.6 is 0 Å². The van der Waals surface area contributed by atoms with Gasteiger partial charge in [0.05, 0.1) is 17.7 Å². The summed E-state index contributed by atoms with van der Waals surface area (Å²) in [4.78, 5) is 19.0. The Kier molecular flexibility index (Phi) is 5.08. The third-order valence-corrected chi connectivity index (χ3v) is 4.26. The summed E-state index contributed by atoms with van der Waals surface area (Å²) in [7, 11) is 1.41. The highest BCUT2D eigenvalue weighted by atomic mass is 19.1. The second-order valence-electron chi connectivity index (χ2n) is 5.82. The van der Waals surface area contributed by atoms with E-state index < -0.39 is 16.4 Å². The molecule has 0 N–H and O–H groups in total. The molecule has 1 aromatic carbocycles. The molecule has 1 saturated heterocycles. The van der Waals surface area contributed by atoms with Crippen molar-refractivity contribution in [3.63, 3.8) is 0 Å². The number of benzene rings is 1. The first kappa shape index (κ1) is 17.1. The molecule has 0 radical (unpaired) electrons. The van der Waals surface area contributed by atoms with E-state index in [1.165, 1.54) is 13.2 Å². The molecule has 2 heterocycles. The lowest BCUT2D eigenvalue weighted by Gasteiger charge is -2.35. The maximum atomic E-state index is 14.1. The first-order valence-electron chi connectivity index (χ1n) is 7.97. The van der Waals surface area contributed by atoms with Gasteiger partial charge in [-0.1, -0.05) is 6.07 Å². The molecule has 0 bridgehead atoms. The van der Waals surface area contributed by atoms with Gasteiger partial charge in [0.25, 0.3) is 0 Å². The van der Waals surface area contributed by atoms with Crippen LogP contribution in [0.25, 0.3) is 0 Å². The van der Waals surface area contributed by atoms with E-state index in [2.05, 4.69) is 9.88 Å². The van der Waals surface area contributed by atoms with Gasteiger partial charge in [0.15, 0.2) is 0 Å². The molecular weight excluding hydrogens is 327 g/mol. The number of hydrogen-bond acceptors (Lipinski definition) is 6. The molecule has 0 atom stereocenters. The number of methoxy groups -OCH3 is 1. The van der Waals surface area contributed by atoms with E-state index >= 15 is 0 Å². The molecule has 7 nitrogen and oxygen atoms in total. The van der Waals surface area contributed by atoms with Crippen molar-refractivity contribution in [2.45, 2.75) is 6.54 Å². The number of ether oxygens (including phenoxy) is 1. The summed E-state index contributed by atoms with van der Waals surface area (Å²) < 4.78 is 19.2. The Morgan fingerprint density at radius 1 is 1.28 bits per heavy atom. The summed E-state index contributed by atoms with van der Waals surface area (Å²) in [5, 5.41) is 11.3. The minimum absolute atomic E-state index is 0.263. The number of halogens is 1. The van der Waals surface area contributed by atoms with Gasteiger partial charge in [0, 0.05) is 51.1 Å². The average Bonchev–Trinajstić information content (AvgIpc) is 2.62. The van der Waals surface area contributed by atoms with Crippen molar-refractivity contribution >= 4 is 11.4 Å². The molecule has 25 heavy (non-hydrogen) atoms. The number of nitrogens with zero attached hydrogens (tertiary/aromatic N) is 4. The summed E-state index contributed by atoms with van der Waals surface area (Å²) in [6.07, 6.45) is 1.76. The van der Waals surface area contributed by atoms with Crippen LogP contribution < -0.4 is 9.64 Å². The fourth-order valence-corrected chi connectivity index (χ4v) is 2.97. The number of nitro benzene ring substituents is 1. The standard InChI is InChI=1S/C17H19FN4O3/c1-25-14-10-15(18)17(22(23)24)16(11-14)21-8-6-20(7-9-21)12-13-4-2-3-5-19-13/h2-5,10-11H,6-9,12H2,1H3. The van der Waals surface area contributed by atoms with Crippen LogP contribution in [0, 0.1) is 15.9 Å². The van der Waals surface area contributed by atoms with E-state index in [9.17, 15) is 14.5 Å². The minimum atomic E-state index is -0.879. The van der Waals surface area contributed by atoms with E-state index in [1.54, 1.807) is 6.20 Å². The monoisotopic (exact) mass is 346 g/mol. The fraction of sp³-hybridized carbons (Fsp3) is 0.353. The highest BCUT2D eigenvalue weighted by molar-refractivity contribution is 5.66. The molecule has 1 fully saturated rings. The smallest absolute Gasteiger partial charge is 0.328 e. The van der Waals surface area contributed by atoms with Crippen LogP contribution in [0.3, 0.4) is 0 Å². The van der Waals surface area contributed by atoms with Crippen molar-refractivity contribution in [3.05, 3.63) is 58.2 Å². The zero-order chi connectivity index (χ0) is 17.8. The van der Waals surface area contributed by atoms with Gasteiger partial charge in [-0.3, -0.25) is 20.0 Å². The summed E-state index contributed by atoms with van der Waals surface area (Å²) in [5.41, 5.74) is 0.743. The molecule has 1 aliphatic rings. The zero-order valence-electron chi connectivity index (χ0n) is 13.9. The van der Waals surface area contributed by atoms with Crippen molar-refractivity contribution in [1.82, 2.24) is 9.88 Å². The van der Waals surface area contributed by atoms with Gasteiger partial charge in [0.1, 0.15) is 11.4 Å². The van der Waals surface area contributed by atoms with Crippen molar-refractivity contribution < 1.29 is 14.1 Å². The number of hydrogen-bond donors (Lipinski definition) is 0. The maximum Gasteiger partial charge on any atom is 0.328 e. The lowest BCUT2D eigenvalue weighted by atomic mass is 10.2. The molecule has 132 valence electrons. The van der Waals surface area contributed by atoms with Gasteiger partial charge in [-0.2, -0.15) is 4.39 Å². The second kappa shape index (κ2) is 7.43. The molecule has 0 spiro atoms. The summed E-state index contributed by atoms with van der Waals surface area (Å²) >= 11 is 0. The SMILES string of the molecule is COc1cc(F)c([N+](=O)[O-])c(N2CCN(Cc3ccccn3)CC2)c1. The van der Waals surface area contributed by atoms with Crippen LogP contribution in [0.2, 0.25) is 0 Å². The van der Waals surface area contributed by atoms with E-state index in [1.807, 2.05) is 23.1 Å². The Morgan fingerprint density at radius 2 is 2.04 bits per heavy atom. The highest BCUT2D eigenvalue weighted by Gasteiger charge is 2.28. The highest BCUT2D eigenvalue weighted by Crippen LogP contribution is 2.35. The quantitative estimate of drug-likeness (QED) is 0.612. The van der Waals surface area contributed by atoms with E-state index in [4.69, 9.17) is 4.74 Å². The number of pyridine rings is 1. The van der Waals surface area contributed by atoms with E-state index in [-0.39, 0.29) is 11.4 Å². The molecule has 0 unspecified atom stereocenters. The molecule has 1 aliphatic heterocycles. The van der Waals surface area contributed by atoms with Crippen LogP contribution in [0.4, 0.5) is 15.8 Å². The molecule has 0 saturated carbocycles. The zero-order valence-corrected chi connectivity index (χ0v) is 13.9. The average molecular weight is 346 g/mol. The third-order valence-electron chi connectivity index (χ3n) is 4.26. The molecular formula is C17H19FN4O3. The number of aromatic nitrogens is 1. The Bertz CT molecular complexity index is 749. The number of piperazine rings is 1. The predicted octanol–water partition coefficient (Wildman–Crippen LogP) is 2.46. The van der Waals surface area contributed by atoms with Gasteiger partial charge in [-0.05, 0) is 12.1 Å². The summed E-state index contributed by atoms with van der Waals surface area (Å²) in [6, 6.07) is 8.35. The fourth-order valence-electron chi connectivity index (χ4n) is 2.97. The third kappa shape index (κ3) is 3.85. The second-order valence-corrected chi connectivity index (χ2v) is 5.82. The van der Waals surface area contributed by atoms with E-state index in [0.29, 0.717) is 26.2 Å². The number of rotatable bonds is 5. The topological polar surface area (TPSA) is 71.7 Å².